The standard InChI is InChI=1S/C26H34N4O2/c31-25(27-23-8-4-3-5-9-23)22-10-12-24(13-11-22)28-26(32)30-18-14-21(15-19-30)20-29-16-6-1-2-7-17-29/h3-5,8-13,21H,1-2,6-7,14-20H2,(H,27,31)(H,28,32). The first-order valence-electron chi connectivity index (χ1n) is 11.9. The number of amides is 3. The van der Waals surface area contributed by atoms with Gasteiger partial charge in [-0.3, -0.25) is 4.79 Å². The minimum Gasteiger partial charge on any atom is -0.325 e. The number of urea groups is 1. The number of rotatable bonds is 5. The molecule has 0 aliphatic carbocycles. The number of carbonyl (C=O) groups is 2. The number of piperidine rings is 1. The van der Waals surface area contributed by atoms with Crippen LogP contribution in [0, 0.1) is 5.92 Å². The second-order valence-electron chi connectivity index (χ2n) is 8.97. The summed E-state index contributed by atoms with van der Waals surface area (Å²) >= 11 is 0. The van der Waals surface area contributed by atoms with Gasteiger partial charge in [-0.1, -0.05) is 31.0 Å². The number of hydrogen-bond donors (Lipinski definition) is 2. The number of nitrogens with zero attached hydrogens (tertiary/aromatic N) is 2. The molecule has 0 saturated carbocycles. The lowest BCUT2D eigenvalue weighted by atomic mass is 9.96. The zero-order valence-corrected chi connectivity index (χ0v) is 18.8. The van der Waals surface area contributed by atoms with Crippen LogP contribution in [-0.4, -0.2) is 54.5 Å². The van der Waals surface area contributed by atoms with Crippen molar-refractivity contribution in [2.24, 2.45) is 5.92 Å². The van der Waals surface area contributed by atoms with Crippen LogP contribution in [0.2, 0.25) is 0 Å². The van der Waals surface area contributed by atoms with Crippen LogP contribution in [0.5, 0.6) is 0 Å². The summed E-state index contributed by atoms with van der Waals surface area (Å²) in [5.41, 5.74) is 2.02. The van der Waals surface area contributed by atoms with Gasteiger partial charge in [-0.15, -0.1) is 0 Å². The third-order valence-electron chi connectivity index (χ3n) is 6.55. The van der Waals surface area contributed by atoms with Crippen molar-refractivity contribution >= 4 is 23.3 Å². The lowest BCUT2D eigenvalue weighted by molar-refractivity contribution is 0.102. The number of nitrogens with one attached hydrogen (secondary N) is 2. The molecular weight excluding hydrogens is 400 g/mol. The quantitative estimate of drug-likeness (QED) is 0.691. The molecule has 170 valence electrons. The molecule has 0 unspecified atom stereocenters. The number of hydrogen-bond acceptors (Lipinski definition) is 3. The molecule has 0 spiro atoms. The van der Waals surface area contributed by atoms with Gasteiger partial charge in [-0.05, 0) is 81.1 Å². The van der Waals surface area contributed by atoms with Crippen LogP contribution in [0.1, 0.15) is 48.9 Å². The third kappa shape index (κ3) is 6.33. The van der Waals surface area contributed by atoms with Crippen LogP contribution in [0.15, 0.2) is 54.6 Å². The summed E-state index contributed by atoms with van der Waals surface area (Å²) in [7, 11) is 0. The highest BCUT2D eigenvalue weighted by atomic mass is 16.2. The van der Waals surface area contributed by atoms with E-state index in [1.54, 1.807) is 24.3 Å². The third-order valence-corrected chi connectivity index (χ3v) is 6.55. The molecule has 32 heavy (non-hydrogen) atoms. The highest BCUT2D eigenvalue weighted by molar-refractivity contribution is 6.04. The van der Waals surface area contributed by atoms with E-state index in [0.717, 1.165) is 31.6 Å². The summed E-state index contributed by atoms with van der Waals surface area (Å²) in [5, 5.41) is 5.85. The van der Waals surface area contributed by atoms with E-state index in [2.05, 4.69) is 15.5 Å². The summed E-state index contributed by atoms with van der Waals surface area (Å²) < 4.78 is 0. The van der Waals surface area contributed by atoms with Crippen molar-refractivity contribution < 1.29 is 9.59 Å². The van der Waals surface area contributed by atoms with Crippen molar-refractivity contribution in [1.82, 2.24) is 9.80 Å². The monoisotopic (exact) mass is 434 g/mol. The Bertz CT molecular complexity index is 868. The van der Waals surface area contributed by atoms with Crippen molar-refractivity contribution in [3.8, 4) is 0 Å². The normalized spacial score (nSPS) is 18.1. The number of carbonyl (C=O) groups excluding carboxylic acids is 2. The maximum absolute atomic E-state index is 12.7. The van der Waals surface area contributed by atoms with Gasteiger partial charge < -0.3 is 20.4 Å². The van der Waals surface area contributed by atoms with Gasteiger partial charge in [0.05, 0.1) is 0 Å². The molecule has 2 aliphatic rings. The molecule has 2 fully saturated rings. The molecule has 2 aliphatic heterocycles. The molecule has 6 heteroatoms. The Labute approximate surface area is 191 Å². The predicted molar refractivity (Wildman–Crippen MR) is 129 cm³/mol. The maximum Gasteiger partial charge on any atom is 0.321 e. The zero-order chi connectivity index (χ0) is 22.2. The van der Waals surface area contributed by atoms with Gasteiger partial charge in [-0.2, -0.15) is 0 Å². The first-order chi connectivity index (χ1) is 15.7. The summed E-state index contributed by atoms with van der Waals surface area (Å²) in [6, 6.07) is 16.4. The lowest BCUT2D eigenvalue weighted by Crippen LogP contribution is -2.43. The molecule has 0 radical (unpaired) electrons. The Morgan fingerprint density at radius 3 is 2.03 bits per heavy atom. The van der Waals surface area contributed by atoms with E-state index < -0.39 is 0 Å². The highest BCUT2D eigenvalue weighted by Gasteiger charge is 2.24. The van der Waals surface area contributed by atoms with Crippen molar-refractivity contribution in [3.05, 3.63) is 60.2 Å². The Hall–Kier alpha value is -2.86. The molecule has 3 amide bonds. The number of anilines is 2. The second kappa shape index (κ2) is 11.1. The van der Waals surface area contributed by atoms with Crippen molar-refractivity contribution in [2.75, 3.05) is 43.4 Å². The van der Waals surface area contributed by atoms with Crippen molar-refractivity contribution in [1.29, 1.82) is 0 Å². The van der Waals surface area contributed by atoms with E-state index in [9.17, 15) is 9.59 Å². The molecule has 2 N–H and O–H groups in total. The van der Waals surface area contributed by atoms with E-state index >= 15 is 0 Å². The Balaban J connectivity index is 1.22. The Morgan fingerprint density at radius 1 is 0.750 bits per heavy atom. The molecule has 2 heterocycles. The predicted octanol–water partition coefficient (Wildman–Crippen LogP) is 5.06. The summed E-state index contributed by atoms with van der Waals surface area (Å²) in [6.45, 7) is 5.27. The fourth-order valence-corrected chi connectivity index (χ4v) is 4.63. The minimum atomic E-state index is -0.166. The summed E-state index contributed by atoms with van der Waals surface area (Å²) in [6.07, 6.45) is 7.54. The van der Waals surface area contributed by atoms with Gasteiger partial charge in [0.25, 0.3) is 5.91 Å². The van der Waals surface area contributed by atoms with E-state index in [4.69, 9.17) is 0 Å². The molecule has 0 atom stereocenters. The molecular formula is C26H34N4O2. The first-order valence-corrected chi connectivity index (χ1v) is 11.9. The van der Waals surface area contributed by atoms with Gasteiger partial charge in [0, 0.05) is 36.6 Å². The largest absolute Gasteiger partial charge is 0.325 e. The SMILES string of the molecule is O=C(Nc1ccccc1)c1ccc(NC(=O)N2CCC(CN3CCCCCC3)CC2)cc1. The van der Waals surface area contributed by atoms with Gasteiger partial charge in [-0.25, -0.2) is 4.79 Å². The van der Waals surface area contributed by atoms with Crippen LogP contribution >= 0.6 is 0 Å². The average molecular weight is 435 g/mol. The second-order valence-corrected chi connectivity index (χ2v) is 8.97. The van der Waals surface area contributed by atoms with Gasteiger partial charge in [0.1, 0.15) is 0 Å². The van der Waals surface area contributed by atoms with Gasteiger partial charge in [0.15, 0.2) is 0 Å². The van der Waals surface area contributed by atoms with Crippen LogP contribution < -0.4 is 10.6 Å². The van der Waals surface area contributed by atoms with Crippen LogP contribution in [0.3, 0.4) is 0 Å². The molecule has 0 aromatic heterocycles. The van der Waals surface area contributed by atoms with E-state index in [1.807, 2.05) is 35.2 Å². The van der Waals surface area contributed by atoms with E-state index in [1.165, 1.54) is 45.3 Å². The minimum absolute atomic E-state index is 0.0558. The van der Waals surface area contributed by atoms with Crippen molar-refractivity contribution in [3.63, 3.8) is 0 Å². The molecule has 4 rings (SSSR count). The topological polar surface area (TPSA) is 64.7 Å². The Morgan fingerprint density at radius 2 is 1.38 bits per heavy atom. The molecule has 2 saturated heterocycles. The first kappa shape index (κ1) is 22.3. The van der Waals surface area contributed by atoms with E-state index in [0.29, 0.717) is 17.2 Å². The molecule has 0 bridgehead atoms. The van der Waals surface area contributed by atoms with Crippen LogP contribution in [0.25, 0.3) is 0 Å². The van der Waals surface area contributed by atoms with Crippen molar-refractivity contribution in [2.45, 2.75) is 38.5 Å². The Kier molecular flexibility index (Phi) is 7.77. The fourth-order valence-electron chi connectivity index (χ4n) is 4.63. The number of para-hydroxylation sites is 1. The maximum atomic E-state index is 12.7. The molecule has 2 aromatic carbocycles. The number of likely N-dealkylation sites (tertiary alicyclic amines) is 2. The van der Waals surface area contributed by atoms with Crippen LogP contribution in [0.4, 0.5) is 16.2 Å². The number of benzene rings is 2. The summed E-state index contributed by atoms with van der Waals surface area (Å²) in [5.74, 6) is 0.528. The van der Waals surface area contributed by atoms with Gasteiger partial charge in [0.2, 0.25) is 0 Å². The molecule has 6 nitrogen and oxygen atoms in total. The van der Waals surface area contributed by atoms with Gasteiger partial charge >= 0.3 is 6.03 Å². The average Bonchev–Trinajstić information content (AvgIpc) is 3.09. The molecule has 2 aromatic rings. The fraction of sp³-hybridized carbons (Fsp3) is 0.462. The van der Waals surface area contributed by atoms with Crippen LogP contribution in [-0.2, 0) is 0 Å². The highest BCUT2D eigenvalue weighted by Crippen LogP contribution is 2.21. The summed E-state index contributed by atoms with van der Waals surface area (Å²) in [4.78, 5) is 29.6. The smallest absolute Gasteiger partial charge is 0.321 e. The lowest BCUT2D eigenvalue weighted by Gasteiger charge is -2.34. The zero-order valence-electron chi connectivity index (χ0n) is 18.8. The van der Waals surface area contributed by atoms with E-state index in [-0.39, 0.29) is 11.9 Å².